The van der Waals surface area contributed by atoms with E-state index in [-0.39, 0.29) is 5.75 Å². The number of hydrogen-bond donors (Lipinski definition) is 1. The first kappa shape index (κ1) is 21.7. The summed E-state index contributed by atoms with van der Waals surface area (Å²) in [6, 6.07) is 16.2. The maximum Gasteiger partial charge on any atom is 0.213 e. The Kier molecular flexibility index (Phi) is 5.86. The van der Waals surface area contributed by atoms with E-state index in [4.69, 9.17) is 0 Å². The van der Waals surface area contributed by atoms with E-state index in [1.165, 1.54) is 47.0 Å². The maximum absolute atomic E-state index is 12.2. The van der Waals surface area contributed by atoms with E-state index in [9.17, 15) is 8.42 Å². The number of fused-ring (bicyclic) bond motifs is 1. The molecular formula is C26H33N3O2S. The molecule has 2 fully saturated rings. The van der Waals surface area contributed by atoms with Gasteiger partial charge in [0.15, 0.2) is 0 Å². The molecule has 0 radical (unpaired) electrons. The minimum absolute atomic E-state index is 0.184. The van der Waals surface area contributed by atoms with Gasteiger partial charge in [0.1, 0.15) is 0 Å². The molecule has 2 saturated heterocycles. The Hall–Kier alpha value is -2.15. The Morgan fingerprint density at radius 1 is 1.00 bits per heavy atom. The zero-order valence-corrected chi connectivity index (χ0v) is 19.9. The van der Waals surface area contributed by atoms with Gasteiger partial charge in [0.25, 0.3) is 0 Å². The van der Waals surface area contributed by atoms with Gasteiger partial charge in [-0.05, 0) is 92.6 Å². The van der Waals surface area contributed by atoms with Crippen molar-refractivity contribution in [1.29, 1.82) is 0 Å². The van der Waals surface area contributed by atoms with Gasteiger partial charge in [-0.2, -0.15) is 0 Å². The molecule has 32 heavy (non-hydrogen) atoms. The fourth-order valence-corrected chi connectivity index (χ4v) is 6.68. The number of H-pyrrole nitrogens is 1. The van der Waals surface area contributed by atoms with Crippen LogP contribution in [0.4, 0.5) is 0 Å². The van der Waals surface area contributed by atoms with Gasteiger partial charge in [-0.15, -0.1) is 0 Å². The lowest BCUT2D eigenvalue weighted by atomic mass is 9.89. The van der Waals surface area contributed by atoms with Crippen LogP contribution in [-0.2, 0) is 10.0 Å². The molecule has 0 bridgehead atoms. The number of aromatic amines is 1. The van der Waals surface area contributed by atoms with Crippen LogP contribution in [0.2, 0.25) is 0 Å². The van der Waals surface area contributed by atoms with Crippen LogP contribution in [0.15, 0.2) is 48.7 Å². The molecule has 3 heterocycles. The minimum atomic E-state index is -3.09. The van der Waals surface area contributed by atoms with E-state index < -0.39 is 10.0 Å². The fourth-order valence-electron chi connectivity index (χ4n) is 5.54. The number of aromatic nitrogens is 1. The van der Waals surface area contributed by atoms with Gasteiger partial charge in [-0.1, -0.05) is 24.3 Å². The number of rotatable bonds is 5. The van der Waals surface area contributed by atoms with Crippen molar-refractivity contribution in [3.8, 4) is 11.1 Å². The number of hydrogen-bond acceptors (Lipinski definition) is 3. The van der Waals surface area contributed by atoms with Gasteiger partial charge >= 0.3 is 0 Å². The van der Waals surface area contributed by atoms with Crippen LogP contribution in [0, 0.1) is 0 Å². The van der Waals surface area contributed by atoms with E-state index in [1.54, 1.807) is 11.2 Å². The molecule has 6 heteroatoms. The molecule has 2 aliphatic heterocycles. The van der Waals surface area contributed by atoms with Crippen molar-refractivity contribution >= 4 is 20.9 Å². The van der Waals surface area contributed by atoms with Crippen molar-refractivity contribution in [2.75, 3.05) is 32.4 Å². The molecule has 0 saturated carbocycles. The molecular weight excluding hydrogens is 418 g/mol. The second-order valence-electron chi connectivity index (χ2n) is 9.34. The molecule has 3 aromatic rings. The lowest BCUT2D eigenvalue weighted by Gasteiger charge is -2.30. The van der Waals surface area contributed by atoms with Gasteiger partial charge in [-0.3, -0.25) is 4.90 Å². The van der Waals surface area contributed by atoms with E-state index in [0.29, 0.717) is 25.0 Å². The largest absolute Gasteiger partial charge is 0.361 e. The van der Waals surface area contributed by atoms with Gasteiger partial charge in [0.05, 0.1) is 5.75 Å². The van der Waals surface area contributed by atoms with Crippen LogP contribution in [0.25, 0.3) is 22.0 Å². The van der Waals surface area contributed by atoms with E-state index in [0.717, 1.165) is 18.4 Å². The Balaban J connectivity index is 1.42. The second kappa shape index (κ2) is 8.65. The number of benzene rings is 2. The predicted molar refractivity (Wildman–Crippen MR) is 131 cm³/mol. The summed E-state index contributed by atoms with van der Waals surface area (Å²) in [5.74, 6) is 0.574. The summed E-state index contributed by atoms with van der Waals surface area (Å²) < 4.78 is 26.1. The topological polar surface area (TPSA) is 56.4 Å². The smallest absolute Gasteiger partial charge is 0.213 e. The summed E-state index contributed by atoms with van der Waals surface area (Å²) in [6.07, 6.45) is 6.38. The van der Waals surface area contributed by atoms with Crippen LogP contribution in [0.3, 0.4) is 0 Å². The van der Waals surface area contributed by atoms with Crippen molar-refractivity contribution in [2.45, 2.75) is 44.6 Å². The lowest BCUT2D eigenvalue weighted by molar-refractivity contribution is 0.317. The number of nitrogens with zero attached hydrogens (tertiary/aromatic N) is 2. The fraction of sp³-hybridized carbons (Fsp3) is 0.462. The summed E-state index contributed by atoms with van der Waals surface area (Å²) in [5, 5.41) is 1.27. The van der Waals surface area contributed by atoms with E-state index in [2.05, 4.69) is 65.6 Å². The van der Waals surface area contributed by atoms with Gasteiger partial charge in [-0.25, -0.2) is 12.7 Å². The van der Waals surface area contributed by atoms with Crippen LogP contribution < -0.4 is 0 Å². The highest BCUT2D eigenvalue weighted by atomic mass is 32.2. The van der Waals surface area contributed by atoms with Gasteiger partial charge < -0.3 is 4.98 Å². The quantitative estimate of drug-likeness (QED) is 0.585. The highest BCUT2D eigenvalue weighted by Crippen LogP contribution is 2.37. The summed E-state index contributed by atoms with van der Waals surface area (Å²) in [5.41, 5.74) is 6.38. The first-order valence-electron chi connectivity index (χ1n) is 11.9. The summed E-state index contributed by atoms with van der Waals surface area (Å²) in [6.45, 7) is 4.13. The third-order valence-electron chi connectivity index (χ3n) is 7.49. The van der Waals surface area contributed by atoms with Crippen LogP contribution >= 0.6 is 0 Å². The van der Waals surface area contributed by atoms with Crippen molar-refractivity contribution in [1.82, 2.24) is 14.2 Å². The standard InChI is InChI=1S/C26H33N3O2S/c1-3-32(30,31)29-14-11-19(12-15-29)24-18-27-25-10-9-21(17-23(24)25)20-6-4-7-22(16-20)26-8-5-13-28(26)2/h4,6-7,9-10,16-19,26-27H,3,5,8,11-15H2,1-2H3. The molecule has 5 rings (SSSR count). The van der Waals surface area contributed by atoms with Gasteiger partial charge in [0, 0.05) is 36.2 Å². The molecule has 1 N–H and O–H groups in total. The highest BCUT2D eigenvalue weighted by Gasteiger charge is 2.28. The predicted octanol–water partition coefficient (Wildman–Crippen LogP) is 5.13. The Morgan fingerprint density at radius 3 is 2.50 bits per heavy atom. The molecule has 2 aliphatic rings. The molecule has 0 amide bonds. The summed E-state index contributed by atoms with van der Waals surface area (Å²) >= 11 is 0. The minimum Gasteiger partial charge on any atom is -0.361 e. The molecule has 1 aromatic heterocycles. The van der Waals surface area contributed by atoms with Crippen LogP contribution in [0.1, 0.15) is 55.7 Å². The molecule has 2 aromatic carbocycles. The van der Waals surface area contributed by atoms with Crippen molar-refractivity contribution < 1.29 is 8.42 Å². The van der Waals surface area contributed by atoms with Crippen molar-refractivity contribution in [2.24, 2.45) is 0 Å². The third kappa shape index (κ3) is 4.00. The zero-order chi connectivity index (χ0) is 22.3. The van der Waals surface area contributed by atoms with Crippen molar-refractivity contribution in [3.05, 3.63) is 59.8 Å². The zero-order valence-electron chi connectivity index (χ0n) is 19.0. The van der Waals surface area contributed by atoms with E-state index >= 15 is 0 Å². The molecule has 0 spiro atoms. The van der Waals surface area contributed by atoms with Gasteiger partial charge in [0.2, 0.25) is 10.0 Å². The maximum atomic E-state index is 12.2. The molecule has 1 atom stereocenters. The number of nitrogens with one attached hydrogen (secondary N) is 1. The molecule has 170 valence electrons. The molecule has 5 nitrogen and oxygen atoms in total. The Morgan fingerprint density at radius 2 is 1.78 bits per heavy atom. The van der Waals surface area contributed by atoms with Crippen LogP contribution in [-0.4, -0.2) is 55.0 Å². The first-order chi connectivity index (χ1) is 15.5. The highest BCUT2D eigenvalue weighted by molar-refractivity contribution is 7.89. The number of sulfonamides is 1. The Bertz CT molecular complexity index is 1210. The first-order valence-corrected chi connectivity index (χ1v) is 13.5. The lowest BCUT2D eigenvalue weighted by Crippen LogP contribution is -2.38. The number of piperidine rings is 1. The monoisotopic (exact) mass is 451 g/mol. The average molecular weight is 452 g/mol. The summed E-state index contributed by atoms with van der Waals surface area (Å²) in [4.78, 5) is 5.90. The number of likely N-dealkylation sites (tertiary alicyclic amines) is 1. The molecule has 0 aliphatic carbocycles. The Labute approximate surface area is 191 Å². The SMILES string of the molecule is CCS(=O)(=O)N1CCC(c2c[nH]c3ccc(-c4cccc(C5CCCN5C)c4)cc23)CC1. The average Bonchev–Trinajstić information content (AvgIpc) is 3.45. The normalized spacial score (nSPS) is 21.5. The van der Waals surface area contributed by atoms with Crippen LogP contribution in [0.5, 0.6) is 0 Å². The third-order valence-corrected chi connectivity index (χ3v) is 9.37. The van der Waals surface area contributed by atoms with E-state index in [1.807, 2.05) is 0 Å². The second-order valence-corrected chi connectivity index (χ2v) is 11.6. The molecule has 1 unspecified atom stereocenters. The summed E-state index contributed by atoms with van der Waals surface area (Å²) in [7, 11) is -0.870. The van der Waals surface area contributed by atoms with Crippen molar-refractivity contribution in [3.63, 3.8) is 0 Å².